The molecule has 0 bridgehead atoms. The molecule has 3 rings (SSSR count). The molecule has 1 aromatic heterocycles. The van der Waals surface area contributed by atoms with Crippen LogP contribution in [0.15, 0.2) is 30.5 Å². The summed E-state index contributed by atoms with van der Waals surface area (Å²) < 4.78 is 0. The van der Waals surface area contributed by atoms with Crippen molar-refractivity contribution in [2.24, 2.45) is 5.73 Å². The van der Waals surface area contributed by atoms with E-state index in [1.807, 2.05) is 30.5 Å². The lowest BCUT2D eigenvalue weighted by atomic mass is 10.0. The zero-order chi connectivity index (χ0) is 28.5. The van der Waals surface area contributed by atoms with Gasteiger partial charge in [0.15, 0.2) is 0 Å². The van der Waals surface area contributed by atoms with Crippen molar-refractivity contribution in [3.63, 3.8) is 0 Å². The van der Waals surface area contributed by atoms with Crippen molar-refractivity contribution >= 4 is 52.3 Å². The molecular weight excluding hydrogens is 526 g/mol. The fourth-order valence-corrected chi connectivity index (χ4v) is 5.14. The normalized spacial score (nSPS) is 17.4. The molecule has 0 radical (unpaired) electrons. The Bertz CT molecular complexity index is 1200. The van der Waals surface area contributed by atoms with Gasteiger partial charge in [-0.1, -0.05) is 18.2 Å². The minimum atomic E-state index is -1.12. The highest BCUT2D eigenvalue weighted by Crippen LogP contribution is 2.23. The van der Waals surface area contributed by atoms with Crippen molar-refractivity contribution in [3.8, 4) is 0 Å². The lowest BCUT2D eigenvalue weighted by Gasteiger charge is -2.29. The van der Waals surface area contributed by atoms with Crippen LogP contribution < -0.4 is 16.4 Å². The molecule has 0 spiro atoms. The maximum atomic E-state index is 13.6. The smallest absolute Gasteiger partial charge is 0.326 e. The number of hydrogen-bond acceptors (Lipinski definition) is 7. The number of aromatic nitrogens is 1. The van der Waals surface area contributed by atoms with E-state index in [9.17, 15) is 29.1 Å². The van der Waals surface area contributed by atoms with Gasteiger partial charge >= 0.3 is 11.9 Å². The number of hydrogen-bond donors (Lipinski definition) is 6. The van der Waals surface area contributed by atoms with E-state index in [2.05, 4.69) is 15.6 Å². The van der Waals surface area contributed by atoms with E-state index in [1.165, 1.54) is 16.7 Å². The number of rotatable bonds is 14. The Balaban J connectivity index is 1.83. The van der Waals surface area contributed by atoms with Crippen molar-refractivity contribution < 1.29 is 34.2 Å². The number of amides is 3. The van der Waals surface area contributed by atoms with Gasteiger partial charge in [-0.3, -0.25) is 19.2 Å². The number of benzene rings is 1. The van der Waals surface area contributed by atoms with Crippen molar-refractivity contribution in [2.75, 3.05) is 18.6 Å². The SMILES string of the molecule is CSCCC(NC(=O)C(N)CCC(=O)O)C(=O)NC(Cc1c[nH]c2ccccc12)C(=O)N1CCCC1C(=O)O. The molecule has 1 saturated heterocycles. The first kappa shape index (κ1) is 30.0. The van der Waals surface area contributed by atoms with Gasteiger partial charge in [0.2, 0.25) is 17.7 Å². The zero-order valence-corrected chi connectivity index (χ0v) is 22.5. The van der Waals surface area contributed by atoms with Gasteiger partial charge in [0.25, 0.3) is 0 Å². The Morgan fingerprint density at radius 2 is 1.82 bits per heavy atom. The molecule has 0 saturated carbocycles. The number of para-hydroxylation sites is 1. The molecule has 0 aliphatic carbocycles. The quantitative estimate of drug-likeness (QED) is 0.192. The number of likely N-dealkylation sites (tertiary alicyclic amines) is 1. The topological polar surface area (TPSA) is 195 Å². The predicted octanol–water partition coefficient (Wildman–Crippen LogP) is 0.701. The molecule has 1 fully saturated rings. The number of aliphatic carboxylic acids is 2. The van der Waals surface area contributed by atoms with Crippen LogP contribution >= 0.6 is 11.8 Å². The Morgan fingerprint density at radius 3 is 2.51 bits per heavy atom. The number of nitrogens with one attached hydrogen (secondary N) is 3. The van der Waals surface area contributed by atoms with Crippen LogP contribution in [0.1, 0.15) is 37.7 Å². The number of nitrogens with zero attached hydrogens (tertiary/aromatic N) is 1. The summed E-state index contributed by atoms with van der Waals surface area (Å²) in [6.07, 6.45) is 4.44. The third-order valence-electron chi connectivity index (χ3n) is 6.78. The molecule has 1 aliphatic rings. The van der Waals surface area contributed by atoms with Gasteiger partial charge in [-0.2, -0.15) is 11.8 Å². The van der Waals surface area contributed by atoms with Crippen LogP contribution in [0.2, 0.25) is 0 Å². The first-order chi connectivity index (χ1) is 18.6. The summed E-state index contributed by atoms with van der Waals surface area (Å²) in [5.41, 5.74) is 7.46. The molecule has 7 N–H and O–H groups in total. The van der Waals surface area contributed by atoms with E-state index in [4.69, 9.17) is 10.8 Å². The second-order valence-electron chi connectivity index (χ2n) is 9.53. The van der Waals surface area contributed by atoms with Gasteiger partial charge in [-0.05, 0) is 49.3 Å². The molecule has 4 unspecified atom stereocenters. The summed E-state index contributed by atoms with van der Waals surface area (Å²) in [4.78, 5) is 66.8. The molecule has 12 nitrogen and oxygen atoms in total. The molecule has 212 valence electrons. The number of carbonyl (C=O) groups is 5. The van der Waals surface area contributed by atoms with Crippen LogP contribution in [0, 0.1) is 0 Å². The van der Waals surface area contributed by atoms with Crippen LogP contribution in [-0.4, -0.2) is 92.5 Å². The fourth-order valence-electron chi connectivity index (χ4n) is 4.67. The van der Waals surface area contributed by atoms with Crippen molar-refractivity contribution in [3.05, 3.63) is 36.0 Å². The van der Waals surface area contributed by atoms with E-state index >= 15 is 0 Å². The molecule has 3 amide bonds. The molecule has 2 heterocycles. The second kappa shape index (κ2) is 14.0. The highest BCUT2D eigenvalue weighted by atomic mass is 32.2. The van der Waals surface area contributed by atoms with Crippen LogP contribution in [0.3, 0.4) is 0 Å². The van der Waals surface area contributed by atoms with E-state index in [0.717, 1.165) is 16.5 Å². The van der Waals surface area contributed by atoms with Gasteiger partial charge in [-0.15, -0.1) is 0 Å². The number of nitrogens with two attached hydrogens (primary N) is 1. The Morgan fingerprint density at radius 1 is 1.10 bits per heavy atom. The summed E-state index contributed by atoms with van der Waals surface area (Å²) in [7, 11) is 0. The Hall–Kier alpha value is -3.58. The molecular formula is C26H35N5O7S. The fraction of sp³-hybridized carbons (Fsp3) is 0.500. The molecule has 39 heavy (non-hydrogen) atoms. The highest BCUT2D eigenvalue weighted by molar-refractivity contribution is 7.98. The Labute approximate surface area is 230 Å². The lowest BCUT2D eigenvalue weighted by molar-refractivity contribution is -0.149. The number of aromatic amines is 1. The van der Waals surface area contributed by atoms with Crippen LogP contribution in [-0.2, 0) is 30.4 Å². The van der Waals surface area contributed by atoms with E-state index in [1.54, 1.807) is 6.20 Å². The number of carbonyl (C=O) groups excluding carboxylic acids is 3. The van der Waals surface area contributed by atoms with Gasteiger partial charge in [0.05, 0.1) is 6.04 Å². The summed E-state index contributed by atoms with van der Waals surface area (Å²) in [6.45, 7) is 0.265. The van der Waals surface area contributed by atoms with Gasteiger partial charge in [0.1, 0.15) is 18.1 Å². The van der Waals surface area contributed by atoms with E-state index < -0.39 is 53.8 Å². The standard InChI is InChI=1S/C26H35N5O7S/c1-39-12-10-19(29-23(34)17(27)8-9-22(32)33)24(35)30-20(25(36)31-11-4-7-21(31)26(37)38)13-15-14-28-18-6-3-2-5-16(15)18/h2-3,5-6,14,17,19-21,28H,4,7-13,27H2,1H3,(H,29,34)(H,30,35)(H,32,33)(H,37,38). The molecule has 2 aromatic rings. The molecule has 13 heteroatoms. The Kier molecular flexibility index (Phi) is 10.8. The van der Waals surface area contributed by atoms with E-state index in [0.29, 0.717) is 18.6 Å². The first-order valence-corrected chi connectivity index (χ1v) is 14.2. The van der Waals surface area contributed by atoms with Crippen molar-refractivity contribution in [2.45, 2.75) is 62.7 Å². The maximum Gasteiger partial charge on any atom is 0.326 e. The van der Waals surface area contributed by atoms with Crippen LogP contribution in [0.5, 0.6) is 0 Å². The largest absolute Gasteiger partial charge is 0.481 e. The molecule has 4 atom stereocenters. The van der Waals surface area contributed by atoms with E-state index in [-0.39, 0.29) is 32.2 Å². The third kappa shape index (κ3) is 7.96. The van der Waals surface area contributed by atoms with Crippen LogP contribution in [0.25, 0.3) is 10.9 Å². The number of carboxylic acid groups (broad SMARTS) is 2. The summed E-state index contributed by atoms with van der Waals surface area (Å²) >= 11 is 1.47. The average molecular weight is 562 g/mol. The summed E-state index contributed by atoms with van der Waals surface area (Å²) in [6, 6.07) is 3.32. The minimum absolute atomic E-state index is 0.0920. The highest BCUT2D eigenvalue weighted by Gasteiger charge is 2.38. The van der Waals surface area contributed by atoms with Gasteiger partial charge < -0.3 is 36.5 Å². The van der Waals surface area contributed by atoms with Crippen molar-refractivity contribution in [1.82, 2.24) is 20.5 Å². The molecule has 1 aromatic carbocycles. The molecule has 1 aliphatic heterocycles. The zero-order valence-electron chi connectivity index (χ0n) is 21.7. The number of fused-ring (bicyclic) bond motifs is 1. The minimum Gasteiger partial charge on any atom is -0.481 e. The number of thioether (sulfide) groups is 1. The lowest BCUT2D eigenvalue weighted by Crippen LogP contribution is -2.57. The number of carboxylic acids is 2. The summed E-state index contributed by atoms with van der Waals surface area (Å²) in [5.74, 6) is -3.44. The first-order valence-electron chi connectivity index (χ1n) is 12.8. The number of H-pyrrole nitrogens is 1. The second-order valence-corrected chi connectivity index (χ2v) is 10.5. The van der Waals surface area contributed by atoms with Crippen molar-refractivity contribution in [1.29, 1.82) is 0 Å². The maximum absolute atomic E-state index is 13.6. The monoisotopic (exact) mass is 561 g/mol. The average Bonchev–Trinajstić information content (AvgIpc) is 3.56. The predicted molar refractivity (Wildman–Crippen MR) is 146 cm³/mol. The third-order valence-corrected chi connectivity index (χ3v) is 7.43. The van der Waals surface area contributed by atoms with Gasteiger partial charge in [-0.25, -0.2) is 4.79 Å². The van der Waals surface area contributed by atoms with Gasteiger partial charge in [0, 0.05) is 36.5 Å². The van der Waals surface area contributed by atoms with Crippen LogP contribution in [0.4, 0.5) is 0 Å². The summed E-state index contributed by atoms with van der Waals surface area (Å²) in [5, 5.41) is 24.7.